The third kappa shape index (κ3) is 2.67. The van der Waals surface area contributed by atoms with E-state index >= 15 is 0 Å². The molecule has 0 radical (unpaired) electrons. The molecule has 5 nitrogen and oxygen atoms in total. The molecule has 1 aromatic rings. The molecule has 108 valence electrons. The molecule has 2 amide bonds. The Labute approximate surface area is 119 Å². The fraction of sp³-hybridized carbons (Fsp3) is 0.467. The van der Waals surface area contributed by atoms with Crippen LogP contribution in [0.15, 0.2) is 24.3 Å². The summed E-state index contributed by atoms with van der Waals surface area (Å²) >= 11 is 0. The first-order valence-corrected chi connectivity index (χ1v) is 7.02. The van der Waals surface area contributed by atoms with Crippen molar-refractivity contribution in [1.82, 2.24) is 4.90 Å². The Morgan fingerprint density at radius 3 is 2.55 bits per heavy atom. The van der Waals surface area contributed by atoms with Crippen LogP contribution in [0.5, 0.6) is 0 Å². The fourth-order valence-corrected chi connectivity index (χ4v) is 2.54. The highest BCUT2D eigenvalue weighted by Crippen LogP contribution is 2.26. The molecule has 1 unspecified atom stereocenters. The maximum atomic E-state index is 12.5. The van der Waals surface area contributed by atoms with E-state index in [1.807, 2.05) is 32.0 Å². The van der Waals surface area contributed by atoms with Gasteiger partial charge >= 0.3 is 0 Å². The first-order valence-electron chi connectivity index (χ1n) is 7.02. The van der Waals surface area contributed by atoms with E-state index in [1.54, 1.807) is 15.9 Å². The van der Waals surface area contributed by atoms with E-state index < -0.39 is 0 Å². The number of benzene rings is 1. The molecule has 0 aliphatic carbocycles. The average molecular weight is 275 g/mol. The molecule has 0 spiro atoms. The molecule has 2 N–H and O–H groups in total. The van der Waals surface area contributed by atoms with Gasteiger partial charge in [0, 0.05) is 32.1 Å². The summed E-state index contributed by atoms with van der Waals surface area (Å²) in [4.78, 5) is 27.9. The van der Waals surface area contributed by atoms with Gasteiger partial charge in [-0.2, -0.15) is 0 Å². The zero-order valence-corrected chi connectivity index (χ0v) is 12.0. The first-order chi connectivity index (χ1) is 9.58. The van der Waals surface area contributed by atoms with E-state index in [0.717, 1.165) is 0 Å². The van der Waals surface area contributed by atoms with Crippen LogP contribution >= 0.6 is 0 Å². The van der Waals surface area contributed by atoms with Crippen molar-refractivity contribution in [3.8, 4) is 0 Å². The van der Waals surface area contributed by atoms with Crippen LogP contribution in [-0.4, -0.2) is 42.4 Å². The highest BCUT2D eigenvalue weighted by molar-refractivity contribution is 6.05. The molecule has 2 rings (SSSR count). The van der Waals surface area contributed by atoms with E-state index in [1.165, 1.54) is 0 Å². The Hall–Kier alpha value is -1.88. The van der Waals surface area contributed by atoms with Crippen LogP contribution in [0.3, 0.4) is 0 Å². The van der Waals surface area contributed by atoms with Crippen molar-refractivity contribution in [2.45, 2.75) is 26.3 Å². The van der Waals surface area contributed by atoms with Crippen molar-refractivity contribution in [2.24, 2.45) is 5.73 Å². The zero-order chi connectivity index (χ0) is 14.7. The predicted molar refractivity (Wildman–Crippen MR) is 78.6 cm³/mol. The lowest BCUT2D eigenvalue weighted by Gasteiger charge is -2.24. The summed E-state index contributed by atoms with van der Waals surface area (Å²) in [5, 5.41) is 0. The molecule has 20 heavy (non-hydrogen) atoms. The molecule has 1 aliphatic heterocycles. The minimum absolute atomic E-state index is 0.0164. The van der Waals surface area contributed by atoms with Gasteiger partial charge in [-0.25, -0.2) is 0 Å². The molecule has 0 aromatic heterocycles. The lowest BCUT2D eigenvalue weighted by atomic mass is 10.1. The Balaban J connectivity index is 2.36. The summed E-state index contributed by atoms with van der Waals surface area (Å²) in [6.07, 6.45) is 0.341. The number of rotatable bonds is 4. The lowest BCUT2D eigenvalue weighted by molar-refractivity contribution is -0.117. The van der Waals surface area contributed by atoms with Gasteiger partial charge in [-0.05, 0) is 26.0 Å². The lowest BCUT2D eigenvalue weighted by Crippen LogP contribution is -2.34. The summed E-state index contributed by atoms with van der Waals surface area (Å²) < 4.78 is 0. The van der Waals surface area contributed by atoms with Crippen LogP contribution in [0, 0.1) is 0 Å². The van der Waals surface area contributed by atoms with E-state index in [4.69, 9.17) is 5.73 Å². The number of carbonyl (C=O) groups excluding carboxylic acids is 2. The van der Waals surface area contributed by atoms with Crippen molar-refractivity contribution < 1.29 is 9.59 Å². The van der Waals surface area contributed by atoms with Gasteiger partial charge in [-0.15, -0.1) is 0 Å². The third-order valence-corrected chi connectivity index (χ3v) is 3.63. The maximum absolute atomic E-state index is 12.5. The molecule has 1 saturated heterocycles. The SMILES string of the molecule is CCN(CC)C(=O)c1ccccc1N1CC(N)CC1=O. The number of anilines is 1. The van der Waals surface area contributed by atoms with Crippen LogP contribution in [-0.2, 0) is 4.79 Å². The number of nitrogens with zero attached hydrogens (tertiary/aromatic N) is 2. The van der Waals surface area contributed by atoms with Crippen molar-refractivity contribution >= 4 is 17.5 Å². The van der Waals surface area contributed by atoms with E-state index in [2.05, 4.69) is 0 Å². The second-order valence-corrected chi connectivity index (χ2v) is 4.96. The maximum Gasteiger partial charge on any atom is 0.255 e. The number of hydrogen-bond acceptors (Lipinski definition) is 3. The third-order valence-electron chi connectivity index (χ3n) is 3.63. The summed E-state index contributed by atoms with van der Waals surface area (Å²) in [7, 11) is 0. The van der Waals surface area contributed by atoms with Crippen LogP contribution in [0.2, 0.25) is 0 Å². The monoisotopic (exact) mass is 275 g/mol. The van der Waals surface area contributed by atoms with Gasteiger partial charge in [-0.3, -0.25) is 9.59 Å². The zero-order valence-electron chi connectivity index (χ0n) is 12.0. The smallest absolute Gasteiger partial charge is 0.255 e. The van der Waals surface area contributed by atoms with Crippen LogP contribution in [0.25, 0.3) is 0 Å². The van der Waals surface area contributed by atoms with Gasteiger partial charge in [0.05, 0.1) is 11.3 Å². The second kappa shape index (κ2) is 6.05. The predicted octanol–water partition coefficient (Wildman–Crippen LogP) is 1.23. The number of hydrogen-bond donors (Lipinski definition) is 1. The molecular formula is C15H21N3O2. The topological polar surface area (TPSA) is 66.6 Å². The fourth-order valence-electron chi connectivity index (χ4n) is 2.54. The normalized spacial score (nSPS) is 18.4. The Bertz CT molecular complexity index is 512. The Morgan fingerprint density at radius 1 is 1.35 bits per heavy atom. The van der Waals surface area contributed by atoms with Gasteiger partial charge in [0.25, 0.3) is 5.91 Å². The Morgan fingerprint density at radius 2 is 2.00 bits per heavy atom. The van der Waals surface area contributed by atoms with Crippen LogP contribution < -0.4 is 10.6 Å². The van der Waals surface area contributed by atoms with Crippen LogP contribution in [0.4, 0.5) is 5.69 Å². The minimum atomic E-state index is -0.154. The van der Waals surface area contributed by atoms with E-state index in [-0.39, 0.29) is 17.9 Å². The van der Waals surface area contributed by atoms with Crippen molar-refractivity contribution in [2.75, 3.05) is 24.5 Å². The highest BCUT2D eigenvalue weighted by atomic mass is 16.2. The number of nitrogens with two attached hydrogens (primary N) is 1. The Kier molecular flexibility index (Phi) is 4.39. The van der Waals surface area contributed by atoms with Gasteiger partial charge in [0.2, 0.25) is 5.91 Å². The molecule has 1 fully saturated rings. The van der Waals surface area contributed by atoms with Gasteiger partial charge < -0.3 is 15.5 Å². The van der Waals surface area contributed by atoms with Gasteiger partial charge in [0.1, 0.15) is 0 Å². The largest absolute Gasteiger partial charge is 0.339 e. The summed E-state index contributed by atoms with van der Waals surface area (Å²) in [5.74, 6) is -0.0591. The second-order valence-electron chi connectivity index (χ2n) is 4.96. The summed E-state index contributed by atoms with van der Waals surface area (Å²) in [6, 6.07) is 7.09. The first kappa shape index (κ1) is 14.5. The molecule has 1 aromatic carbocycles. The summed E-state index contributed by atoms with van der Waals surface area (Å²) in [6.45, 7) is 5.66. The summed E-state index contributed by atoms with van der Waals surface area (Å²) in [5.41, 5.74) is 7.07. The van der Waals surface area contributed by atoms with Gasteiger partial charge in [-0.1, -0.05) is 12.1 Å². The molecule has 1 atom stereocenters. The van der Waals surface area contributed by atoms with Crippen molar-refractivity contribution in [1.29, 1.82) is 0 Å². The van der Waals surface area contributed by atoms with E-state index in [9.17, 15) is 9.59 Å². The highest BCUT2D eigenvalue weighted by Gasteiger charge is 2.31. The number of para-hydroxylation sites is 1. The molecule has 5 heteroatoms. The van der Waals surface area contributed by atoms with Crippen molar-refractivity contribution in [3.05, 3.63) is 29.8 Å². The molecular weight excluding hydrogens is 254 g/mol. The average Bonchev–Trinajstić information content (AvgIpc) is 2.79. The molecule has 0 saturated carbocycles. The number of carbonyl (C=O) groups is 2. The quantitative estimate of drug-likeness (QED) is 0.899. The molecule has 1 heterocycles. The molecule has 0 bridgehead atoms. The van der Waals surface area contributed by atoms with Gasteiger partial charge in [0.15, 0.2) is 0 Å². The molecule has 1 aliphatic rings. The van der Waals surface area contributed by atoms with Crippen molar-refractivity contribution in [3.63, 3.8) is 0 Å². The van der Waals surface area contributed by atoms with Crippen LogP contribution in [0.1, 0.15) is 30.6 Å². The minimum Gasteiger partial charge on any atom is -0.339 e. The standard InChI is InChI=1S/C15H21N3O2/c1-3-17(4-2)15(20)12-7-5-6-8-13(12)18-10-11(16)9-14(18)19/h5-8,11H,3-4,9-10,16H2,1-2H3. The number of amides is 2. The van der Waals surface area contributed by atoms with E-state index in [0.29, 0.717) is 37.3 Å².